The van der Waals surface area contributed by atoms with Gasteiger partial charge in [0.25, 0.3) is 0 Å². The molecule has 4 nitrogen and oxygen atoms in total. The van der Waals surface area contributed by atoms with Crippen molar-refractivity contribution in [3.8, 4) is 5.75 Å². The van der Waals surface area contributed by atoms with Gasteiger partial charge in [0.2, 0.25) is 0 Å². The van der Waals surface area contributed by atoms with E-state index in [2.05, 4.69) is 35.2 Å². The van der Waals surface area contributed by atoms with Crippen LogP contribution in [0, 0.1) is 6.92 Å². The third-order valence-corrected chi connectivity index (χ3v) is 5.07. The normalized spacial score (nSPS) is 11.2. The van der Waals surface area contributed by atoms with Gasteiger partial charge in [-0.2, -0.15) is 0 Å². The fourth-order valence-corrected chi connectivity index (χ4v) is 3.26. The summed E-state index contributed by atoms with van der Waals surface area (Å²) in [6.07, 6.45) is 8.07. The summed E-state index contributed by atoms with van der Waals surface area (Å²) in [4.78, 5) is 13.2. The van der Waals surface area contributed by atoms with Gasteiger partial charge in [-0.3, -0.25) is 0 Å². The molecule has 0 aliphatic heterocycles. The predicted molar refractivity (Wildman–Crippen MR) is 130 cm³/mol. The monoisotopic (exact) mass is 413 g/mol. The van der Waals surface area contributed by atoms with Crippen LogP contribution < -0.4 is 9.64 Å². The lowest BCUT2D eigenvalue weighted by molar-refractivity contribution is 0.0696. The SMILES string of the molecule is COc1cc(C=Cc2ccc(C(=O)O)c(C)c2)ccc1C=Cc1ccc(N(C)C)cc1. The van der Waals surface area contributed by atoms with Crippen LogP contribution in [0.1, 0.15) is 38.2 Å². The van der Waals surface area contributed by atoms with E-state index in [-0.39, 0.29) is 0 Å². The summed E-state index contributed by atoms with van der Waals surface area (Å²) >= 11 is 0. The highest BCUT2D eigenvalue weighted by Crippen LogP contribution is 2.24. The maximum absolute atomic E-state index is 11.2. The molecule has 0 bridgehead atoms. The minimum atomic E-state index is -0.907. The van der Waals surface area contributed by atoms with Gasteiger partial charge in [0.1, 0.15) is 5.75 Å². The van der Waals surface area contributed by atoms with Gasteiger partial charge >= 0.3 is 5.97 Å². The second-order valence-electron chi connectivity index (χ2n) is 7.53. The Balaban J connectivity index is 1.77. The van der Waals surface area contributed by atoms with Crippen LogP contribution >= 0.6 is 0 Å². The van der Waals surface area contributed by atoms with E-state index in [0.29, 0.717) is 5.56 Å². The molecule has 1 N–H and O–H groups in total. The summed E-state index contributed by atoms with van der Waals surface area (Å²) < 4.78 is 5.58. The van der Waals surface area contributed by atoms with Crippen molar-refractivity contribution in [1.29, 1.82) is 0 Å². The first-order chi connectivity index (χ1) is 14.9. The van der Waals surface area contributed by atoms with Gasteiger partial charge < -0.3 is 14.7 Å². The van der Waals surface area contributed by atoms with Crippen LogP contribution in [0.3, 0.4) is 0 Å². The van der Waals surface area contributed by atoms with Gasteiger partial charge in [-0.1, -0.05) is 60.7 Å². The van der Waals surface area contributed by atoms with Crippen molar-refractivity contribution in [1.82, 2.24) is 0 Å². The van der Waals surface area contributed by atoms with Crippen LogP contribution in [-0.2, 0) is 0 Å². The molecule has 0 aliphatic rings. The molecule has 0 amide bonds. The molecule has 0 spiro atoms. The summed E-state index contributed by atoms with van der Waals surface area (Å²) in [5, 5.41) is 9.16. The van der Waals surface area contributed by atoms with E-state index in [4.69, 9.17) is 9.84 Å². The van der Waals surface area contributed by atoms with Crippen molar-refractivity contribution in [2.24, 2.45) is 0 Å². The Bertz CT molecular complexity index is 1130. The molecule has 0 unspecified atom stereocenters. The van der Waals surface area contributed by atoms with Crippen LogP contribution in [0.2, 0.25) is 0 Å². The Kier molecular flexibility index (Phi) is 6.93. The lowest BCUT2D eigenvalue weighted by Crippen LogP contribution is -2.07. The number of hydrogen-bond acceptors (Lipinski definition) is 3. The van der Waals surface area contributed by atoms with Crippen LogP contribution in [0.5, 0.6) is 5.75 Å². The molecule has 0 aromatic heterocycles. The number of carbonyl (C=O) groups is 1. The van der Waals surface area contributed by atoms with E-state index in [1.54, 1.807) is 20.1 Å². The average Bonchev–Trinajstić information content (AvgIpc) is 2.76. The van der Waals surface area contributed by atoms with Crippen LogP contribution in [-0.4, -0.2) is 32.3 Å². The summed E-state index contributed by atoms with van der Waals surface area (Å²) in [6, 6.07) is 19.7. The Labute approximate surface area is 183 Å². The summed E-state index contributed by atoms with van der Waals surface area (Å²) in [7, 11) is 5.72. The third kappa shape index (κ3) is 5.64. The zero-order chi connectivity index (χ0) is 22.4. The number of ether oxygens (including phenoxy) is 1. The molecule has 0 saturated heterocycles. The van der Waals surface area contributed by atoms with Crippen LogP contribution in [0.15, 0.2) is 60.7 Å². The van der Waals surface area contributed by atoms with Gasteiger partial charge in [0, 0.05) is 25.3 Å². The Morgan fingerprint density at radius 2 is 1.42 bits per heavy atom. The number of benzene rings is 3. The molecule has 0 aliphatic carbocycles. The molecular weight excluding hydrogens is 386 g/mol. The van der Waals surface area contributed by atoms with Gasteiger partial charge in [-0.05, 0) is 53.4 Å². The third-order valence-electron chi connectivity index (χ3n) is 5.07. The fraction of sp³-hybridized carbons (Fsp3) is 0.148. The van der Waals surface area contributed by atoms with E-state index >= 15 is 0 Å². The van der Waals surface area contributed by atoms with Crippen LogP contribution in [0.25, 0.3) is 24.3 Å². The highest BCUT2D eigenvalue weighted by atomic mass is 16.5. The molecule has 0 atom stereocenters. The number of methoxy groups -OCH3 is 1. The highest BCUT2D eigenvalue weighted by Gasteiger charge is 2.06. The standard InChI is InChI=1S/C27H27NO3/c1-19-17-21(11-16-25(19)27(29)30)5-6-22-8-13-23(26(18-22)31-4)12-7-20-9-14-24(15-10-20)28(2)3/h5-18H,1-4H3,(H,29,30). The topological polar surface area (TPSA) is 49.8 Å². The largest absolute Gasteiger partial charge is 0.496 e. The van der Waals surface area contributed by atoms with Crippen molar-refractivity contribution in [3.05, 3.63) is 94.0 Å². The number of carboxylic acid groups (broad SMARTS) is 1. The lowest BCUT2D eigenvalue weighted by atomic mass is 10.0. The summed E-state index contributed by atoms with van der Waals surface area (Å²) in [6.45, 7) is 1.80. The van der Waals surface area contributed by atoms with Crippen molar-refractivity contribution >= 4 is 36.0 Å². The number of nitrogens with zero attached hydrogens (tertiary/aromatic N) is 1. The lowest BCUT2D eigenvalue weighted by Gasteiger charge is -2.11. The smallest absolute Gasteiger partial charge is 0.335 e. The zero-order valence-corrected chi connectivity index (χ0v) is 18.3. The molecular formula is C27H27NO3. The maximum atomic E-state index is 11.2. The molecule has 3 aromatic rings. The number of anilines is 1. The zero-order valence-electron chi connectivity index (χ0n) is 18.3. The van der Waals surface area contributed by atoms with E-state index in [1.807, 2.05) is 62.7 Å². The molecule has 4 heteroatoms. The molecule has 3 aromatic carbocycles. The van der Waals surface area contributed by atoms with E-state index in [9.17, 15) is 4.79 Å². The van der Waals surface area contributed by atoms with Gasteiger partial charge in [0.05, 0.1) is 12.7 Å². The molecule has 0 fully saturated rings. The number of hydrogen-bond donors (Lipinski definition) is 1. The van der Waals surface area contributed by atoms with Crippen LogP contribution in [0.4, 0.5) is 5.69 Å². The van der Waals surface area contributed by atoms with Gasteiger partial charge in [0.15, 0.2) is 0 Å². The first-order valence-electron chi connectivity index (χ1n) is 10.0. The predicted octanol–water partition coefficient (Wildman–Crippen LogP) is 6.11. The Hall–Kier alpha value is -3.79. The first-order valence-corrected chi connectivity index (χ1v) is 10.0. The fourth-order valence-electron chi connectivity index (χ4n) is 3.26. The van der Waals surface area contributed by atoms with Gasteiger partial charge in [-0.15, -0.1) is 0 Å². The maximum Gasteiger partial charge on any atom is 0.335 e. The Morgan fingerprint density at radius 3 is 2.00 bits per heavy atom. The first kappa shape index (κ1) is 21.9. The number of carboxylic acids is 1. The van der Waals surface area contributed by atoms with E-state index in [0.717, 1.165) is 33.6 Å². The summed E-state index contributed by atoms with van der Waals surface area (Å²) in [5.41, 5.74) is 6.31. The van der Waals surface area contributed by atoms with Crippen molar-refractivity contribution in [3.63, 3.8) is 0 Å². The number of rotatable bonds is 7. The highest BCUT2D eigenvalue weighted by molar-refractivity contribution is 5.90. The number of aryl methyl sites for hydroxylation is 1. The van der Waals surface area contributed by atoms with E-state index < -0.39 is 5.97 Å². The molecule has 0 radical (unpaired) electrons. The second-order valence-corrected chi connectivity index (χ2v) is 7.53. The molecule has 3 rings (SSSR count). The summed E-state index contributed by atoms with van der Waals surface area (Å²) in [5.74, 6) is -0.115. The van der Waals surface area contributed by atoms with Crippen molar-refractivity contribution < 1.29 is 14.6 Å². The molecule has 0 heterocycles. The van der Waals surface area contributed by atoms with Gasteiger partial charge in [-0.25, -0.2) is 4.79 Å². The van der Waals surface area contributed by atoms with Crippen molar-refractivity contribution in [2.75, 3.05) is 26.1 Å². The minimum absolute atomic E-state index is 0.325. The molecule has 158 valence electrons. The molecule has 31 heavy (non-hydrogen) atoms. The molecule has 0 saturated carbocycles. The van der Waals surface area contributed by atoms with E-state index in [1.165, 1.54) is 5.69 Å². The second kappa shape index (κ2) is 9.81. The Morgan fingerprint density at radius 1 is 0.839 bits per heavy atom. The quantitative estimate of drug-likeness (QED) is 0.475. The van der Waals surface area contributed by atoms with Crippen molar-refractivity contribution in [2.45, 2.75) is 6.92 Å². The number of aromatic carboxylic acids is 1. The minimum Gasteiger partial charge on any atom is -0.496 e. The average molecular weight is 414 g/mol.